The van der Waals surface area contributed by atoms with Crippen LogP contribution in [0.3, 0.4) is 0 Å². The molecular formula is C23H21N7O3. The van der Waals surface area contributed by atoms with Gasteiger partial charge in [0.2, 0.25) is 18.2 Å². The van der Waals surface area contributed by atoms with Crippen molar-refractivity contribution < 1.29 is 14.3 Å². The molecule has 1 aliphatic rings. The molecule has 3 heterocycles. The summed E-state index contributed by atoms with van der Waals surface area (Å²) in [6, 6.07) is 14.9. The van der Waals surface area contributed by atoms with Crippen molar-refractivity contribution in [2.45, 2.75) is 18.9 Å². The van der Waals surface area contributed by atoms with E-state index in [1.54, 1.807) is 6.20 Å². The first-order valence-corrected chi connectivity index (χ1v) is 10.5. The van der Waals surface area contributed by atoms with Crippen molar-refractivity contribution in [2.24, 2.45) is 0 Å². The van der Waals surface area contributed by atoms with Gasteiger partial charge in [-0.15, -0.1) is 10.2 Å². The zero-order chi connectivity index (χ0) is 22.6. The number of aryl methyl sites for hydroxylation is 1. The van der Waals surface area contributed by atoms with Crippen molar-refractivity contribution >= 4 is 29.0 Å². The molecule has 4 aromatic rings. The lowest BCUT2D eigenvalue weighted by atomic mass is 10.0. The lowest BCUT2D eigenvalue weighted by Gasteiger charge is -2.20. The number of amides is 1. The zero-order valence-electron chi connectivity index (χ0n) is 17.5. The summed E-state index contributed by atoms with van der Waals surface area (Å²) in [5.41, 5.74) is 4.08. The molecule has 2 aromatic heterocycles. The smallest absolute Gasteiger partial charge is 0.252 e. The van der Waals surface area contributed by atoms with E-state index < -0.39 is 6.04 Å². The van der Waals surface area contributed by atoms with Gasteiger partial charge in [0, 0.05) is 24.0 Å². The standard InChI is InChI=1S/C23H21N7O3/c31-12-19(14-4-2-1-3-5-14)28-21-17(22-30-25-13-33-22)11-24-23(29-21)26-16-7-8-18-15(10-16)6-9-20(32)27-18/h1-5,7-8,10-11,13,19,31H,6,9,12H2,(H,27,32)(H2,24,26,28,29)/t19-/m1/s1. The molecule has 0 radical (unpaired) electrons. The number of rotatable bonds is 7. The predicted octanol–water partition coefficient (Wildman–Crippen LogP) is 3.30. The van der Waals surface area contributed by atoms with Crippen LogP contribution < -0.4 is 16.0 Å². The van der Waals surface area contributed by atoms with Gasteiger partial charge in [0.05, 0.1) is 18.2 Å². The lowest BCUT2D eigenvalue weighted by molar-refractivity contribution is -0.116. The number of benzene rings is 2. The van der Waals surface area contributed by atoms with Crippen molar-refractivity contribution in [1.82, 2.24) is 20.2 Å². The van der Waals surface area contributed by atoms with Gasteiger partial charge in [-0.1, -0.05) is 30.3 Å². The molecule has 1 amide bonds. The summed E-state index contributed by atoms with van der Waals surface area (Å²) >= 11 is 0. The Morgan fingerprint density at radius 1 is 1.15 bits per heavy atom. The topological polar surface area (TPSA) is 138 Å². The first kappa shape index (κ1) is 20.6. The molecule has 0 saturated heterocycles. The fourth-order valence-electron chi connectivity index (χ4n) is 3.67. The summed E-state index contributed by atoms with van der Waals surface area (Å²) in [4.78, 5) is 20.6. The molecular weight excluding hydrogens is 422 g/mol. The number of carbonyl (C=O) groups is 1. The van der Waals surface area contributed by atoms with E-state index in [0.717, 1.165) is 22.5 Å². The lowest BCUT2D eigenvalue weighted by Crippen LogP contribution is -2.19. The number of anilines is 4. The van der Waals surface area contributed by atoms with E-state index in [1.807, 2.05) is 48.5 Å². The number of aromatic nitrogens is 4. The predicted molar refractivity (Wildman–Crippen MR) is 122 cm³/mol. The minimum absolute atomic E-state index is 0.0238. The molecule has 2 aromatic carbocycles. The van der Waals surface area contributed by atoms with E-state index >= 15 is 0 Å². The third kappa shape index (κ3) is 4.51. The Hall–Kier alpha value is -4.31. The molecule has 166 valence electrons. The van der Waals surface area contributed by atoms with Crippen LogP contribution in [0.1, 0.15) is 23.6 Å². The van der Waals surface area contributed by atoms with Crippen LogP contribution in [0, 0.1) is 0 Å². The summed E-state index contributed by atoms with van der Waals surface area (Å²) in [6.45, 7) is -0.142. The van der Waals surface area contributed by atoms with Gasteiger partial charge >= 0.3 is 0 Å². The van der Waals surface area contributed by atoms with E-state index in [0.29, 0.717) is 30.2 Å². The average molecular weight is 443 g/mol. The molecule has 0 unspecified atom stereocenters. The highest BCUT2D eigenvalue weighted by Gasteiger charge is 2.19. The van der Waals surface area contributed by atoms with Crippen LogP contribution in [0.2, 0.25) is 0 Å². The third-order valence-corrected chi connectivity index (χ3v) is 5.33. The Kier molecular flexibility index (Phi) is 5.64. The number of nitrogens with one attached hydrogen (secondary N) is 3. The summed E-state index contributed by atoms with van der Waals surface area (Å²) in [5.74, 6) is 1.07. The highest BCUT2D eigenvalue weighted by molar-refractivity contribution is 5.94. The third-order valence-electron chi connectivity index (χ3n) is 5.33. The van der Waals surface area contributed by atoms with E-state index in [-0.39, 0.29) is 18.4 Å². The molecule has 1 atom stereocenters. The molecule has 0 bridgehead atoms. The Balaban J connectivity index is 1.45. The summed E-state index contributed by atoms with van der Waals surface area (Å²) in [7, 11) is 0. The first-order valence-electron chi connectivity index (χ1n) is 10.5. The largest absolute Gasteiger partial charge is 0.423 e. The number of aliphatic hydroxyl groups is 1. The SMILES string of the molecule is O=C1CCc2cc(Nc3ncc(-c4nnco4)c(N[C@H](CO)c4ccccc4)n3)ccc2N1. The average Bonchev–Trinajstić information content (AvgIpc) is 3.38. The van der Waals surface area contributed by atoms with E-state index in [1.165, 1.54) is 6.39 Å². The second kappa shape index (κ2) is 9.05. The van der Waals surface area contributed by atoms with Crippen LogP contribution in [0.25, 0.3) is 11.5 Å². The van der Waals surface area contributed by atoms with Gasteiger partial charge in [-0.25, -0.2) is 4.98 Å². The second-order valence-electron chi connectivity index (χ2n) is 7.54. The molecule has 10 heteroatoms. The molecule has 0 aliphatic carbocycles. The minimum Gasteiger partial charge on any atom is -0.423 e. The van der Waals surface area contributed by atoms with Gasteiger partial charge < -0.3 is 25.5 Å². The maximum Gasteiger partial charge on any atom is 0.252 e. The van der Waals surface area contributed by atoms with Crippen LogP contribution in [0.15, 0.2) is 65.5 Å². The van der Waals surface area contributed by atoms with Crippen molar-refractivity contribution in [3.63, 3.8) is 0 Å². The van der Waals surface area contributed by atoms with Crippen molar-refractivity contribution in [3.05, 3.63) is 72.2 Å². The molecule has 33 heavy (non-hydrogen) atoms. The fraction of sp³-hybridized carbons (Fsp3) is 0.174. The molecule has 10 nitrogen and oxygen atoms in total. The van der Waals surface area contributed by atoms with Crippen LogP contribution in [0.4, 0.5) is 23.1 Å². The van der Waals surface area contributed by atoms with Crippen LogP contribution in [-0.4, -0.2) is 37.8 Å². The monoisotopic (exact) mass is 443 g/mol. The quantitative estimate of drug-likeness (QED) is 0.339. The number of hydrogen-bond donors (Lipinski definition) is 4. The van der Waals surface area contributed by atoms with Crippen molar-refractivity contribution in [3.8, 4) is 11.5 Å². The maximum absolute atomic E-state index is 11.6. The van der Waals surface area contributed by atoms with Gasteiger partial charge in [-0.05, 0) is 35.7 Å². The number of carbonyl (C=O) groups excluding carboxylic acids is 1. The fourth-order valence-corrected chi connectivity index (χ4v) is 3.67. The summed E-state index contributed by atoms with van der Waals surface area (Å²) in [6.07, 6.45) is 3.96. The van der Waals surface area contributed by atoms with E-state index in [4.69, 9.17) is 4.42 Å². The van der Waals surface area contributed by atoms with Crippen molar-refractivity contribution in [2.75, 3.05) is 22.6 Å². The molecule has 0 spiro atoms. The molecule has 4 N–H and O–H groups in total. The Morgan fingerprint density at radius 2 is 2.03 bits per heavy atom. The molecule has 0 fully saturated rings. The normalized spacial score (nSPS) is 13.7. The molecule has 5 rings (SSSR count). The Morgan fingerprint density at radius 3 is 2.82 bits per heavy atom. The summed E-state index contributed by atoms with van der Waals surface area (Å²) < 4.78 is 5.35. The van der Waals surface area contributed by atoms with Crippen molar-refractivity contribution in [1.29, 1.82) is 0 Å². The first-order chi connectivity index (χ1) is 16.2. The van der Waals surface area contributed by atoms with Crippen LogP contribution in [-0.2, 0) is 11.2 Å². The van der Waals surface area contributed by atoms with E-state index in [9.17, 15) is 9.90 Å². The van der Waals surface area contributed by atoms with Gasteiger partial charge in [0.25, 0.3) is 5.89 Å². The summed E-state index contributed by atoms with van der Waals surface area (Å²) in [5, 5.41) is 27.0. The number of fused-ring (bicyclic) bond motifs is 1. The van der Waals surface area contributed by atoms with Crippen LogP contribution >= 0.6 is 0 Å². The van der Waals surface area contributed by atoms with Gasteiger partial charge in [0.1, 0.15) is 5.82 Å². The second-order valence-corrected chi connectivity index (χ2v) is 7.54. The molecule has 1 aliphatic heterocycles. The van der Waals surface area contributed by atoms with Gasteiger partial charge in [-0.3, -0.25) is 4.79 Å². The maximum atomic E-state index is 11.6. The zero-order valence-corrected chi connectivity index (χ0v) is 17.5. The Labute approximate surface area is 189 Å². The minimum atomic E-state index is -0.400. The number of aliphatic hydroxyl groups excluding tert-OH is 1. The van der Waals surface area contributed by atoms with E-state index in [2.05, 4.69) is 36.1 Å². The number of hydrogen-bond acceptors (Lipinski definition) is 9. The molecule has 0 saturated carbocycles. The number of nitrogens with zero attached hydrogens (tertiary/aromatic N) is 4. The van der Waals surface area contributed by atoms with Crippen LogP contribution in [0.5, 0.6) is 0 Å². The Bertz CT molecular complexity index is 1260. The van der Waals surface area contributed by atoms with Gasteiger partial charge in [0.15, 0.2) is 0 Å². The van der Waals surface area contributed by atoms with Gasteiger partial charge in [-0.2, -0.15) is 4.98 Å². The highest BCUT2D eigenvalue weighted by atomic mass is 16.4. The highest BCUT2D eigenvalue weighted by Crippen LogP contribution is 2.30.